The van der Waals surface area contributed by atoms with Gasteiger partial charge in [-0.1, -0.05) is 6.92 Å². The molecule has 0 amide bonds. The lowest BCUT2D eigenvalue weighted by atomic mass is 10.5. The van der Waals surface area contributed by atoms with Crippen molar-refractivity contribution in [2.45, 2.75) is 6.92 Å². The molecule has 48 valence electrons. The highest BCUT2D eigenvalue weighted by Crippen LogP contribution is 1.81. The minimum absolute atomic E-state index is 0.739. The van der Waals surface area contributed by atoms with E-state index < -0.39 is 0 Å². The van der Waals surface area contributed by atoms with E-state index in [-0.39, 0.29) is 0 Å². The van der Waals surface area contributed by atoms with Gasteiger partial charge in [0.2, 0.25) is 0 Å². The Balaban J connectivity index is 3.07. The van der Waals surface area contributed by atoms with Gasteiger partial charge in [-0.3, -0.25) is 4.90 Å². The van der Waals surface area contributed by atoms with Crippen molar-refractivity contribution in [3.63, 3.8) is 0 Å². The number of likely N-dealkylation sites (N-methyl/N-ethyl adjacent to an activating group) is 1. The molecule has 2 heteroatoms. The molecule has 2 N–H and O–H groups in total. The highest BCUT2D eigenvalue weighted by Gasteiger charge is 1.97. The summed E-state index contributed by atoms with van der Waals surface area (Å²) < 4.78 is 0. The fourth-order valence-electron chi connectivity index (χ4n) is 0.611. The highest BCUT2D eigenvalue weighted by atomic mass is 15.1. The third-order valence-corrected chi connectivity index (χ3v) is 1.21. The maximum Gasteiger partial charge on any atom is 0.138 e. The van der Waals surface area contributed by atoms with E-state index >= 15 is 0 Å². The molecule has 0 aliphatic rings. The van der Waals surface area contributed by atoms with Crippen LogP contribution in [0.1, 0.15) is 6.92 Å². The summed E-state index contributed by atoms with van der Waals surface area (Å²) >= 11 is 0. The topological polar surface area (TPSA) is 29.3 Å². The lowest BCUT2D eigenvalue weighted by Crippen LogP contribution is -2.28. The lowest BCUT2D eigenvalue weighted by Gasteiger charge is -2.11. The van der Waals surface area contributed by atoms with E-state index in [2.05, 4.69) is 18.7 Å². The van der Waals surface area contributed by atoms with Gasteiger partial charge in [0.1, 0.15) is 6.54 Å². The van der Waals surface area contributed by atoms with Crippen LogP contribution in [0.25, 0.3) is 0 Å². The van der Waals surface area contributed by atoms with Crippen LogP contribution in [-0.4, -0.2) is 31.1 Å². The van der Waals surface area contributed by atoms with Gasteiger partial charge in [0.15, 0.2) is 0 Å². The van der Waals surface area contributed by atoms with Gasteiger partial charge in [0.05, 0.1) is 6.92 Å². The van der Waals surface area contributed by atoms with Gasteiger partial charge < -0.3 is 5.73 Å². The predicted octanol–water partition coefficient (Wildman–Crippen LogP) is 0.101. The molecule has 2 nitrogen and oxygen atoms in total. The summed E-state index contributed by atoms with van der Waals surface area (Å²) in [5, 5.41) is 0. The van der Waals surface area contributed by atoms with Crippen molar-refractivity contribution < 1.29 is 0 Å². The van der Waals surface area contributed by atoms with E-state index in [1.54, 1.807) is 0 Å². The molecule has 0 aliphatic carbocycles. The van der Waals surface area contributed by atoms with Gasteiger partial charge in [-0.25, -0.2) is 0 Å². The van der Waals surface area contributed by atoms with E-state index in [1.807, 2.05) is 0 Å². The Bertz CT molecular complexity index is 41.8. The number of nitrogens with two attached hydrogens (primary N) is 1. The van der Waals surface area contributed by atoms with Gasteiger partial charge in [-0.15, -0.1) is 0 Å². The zero-order valence-corrected chi connectivity index (χ0v) is 5.56. The molecule has 0 aromatic carbocycles. The molecule has 0 rings (SSSR count). The monoisotopic (exact) mass is 115 g/mol. The van der Waals surface area contributed by atoms with Crippen LogP contribution in [0.15, 0.2) is 0 Å². The molecular weight excluding hydrogens is 100 g/mol. The van der Waals surface area contributed by atoms with Gasteiger partial charge in [-0.05, 0) is 6.54 Å². The molecule has 0 saturated heterocycles. The van der Waals surface area contributed by atoms with Gasteiger partial charge >= 0.3 is 0 Å². The average molecular weight is 115 g/mol. The number of nitrogens with zero attached hydrogens (tertiary/aromatic N) is 1. The first-order chi connectivity index (χ1) is 3.85. The largest absolute Gasteiger partial charge is 0.329 e. The summed E-state index contributed by atoms with van der Waals surface area (Å²) in [6.45, 7) is 9.49. The van der Waals surface area contributed by atoms with Crippen LogP contribution in [0.3, 0.4) is 0 Å². The standard InChI is InChI=1S/C6H15N2/c1-3-8(4-2)6-5-7/h1,3-7H2,2H3/q+1. The van der Waals surface area contributed by atoms with E-state index in [0.717, 1.165) is 26.2 Å². The van der Waals surface area contributed by atoms with Gasteiger partial charge in [0, 0.05) is 13.1 Å². The summed E-state index contributed by atoms with van der Waals surface area (Å²) in [5.41, 5.74) is 5.31. The molecular formula is C6H15N2+. The Kier molecular flexibility index (Phi) is 4.81. The van der Waals surface area contributed by atoms with E-state index in [9.17, 15) is 0 Å². The molecule has 0 spiro atoms. The minimum atomic E-state index is 0.739. The quantitative estimate of drug-likeness (QED) is 0.527. The number of rotatable bonds is 4. The summed E-state index contributed by atoms with van der Waals surface area (Å²) in [7, 11) is 0. The van der Waals surface area contributed by atoms with E-state index in [1.165, 1.54) is 0 Å². The first-order valence-corrected chi connectivity index (χ1v) is 3.06. The van der Waals surface area contributed by atoms with Crippen molar-refractivity contribution in [3.8, 4) is 0 Å². The minimum Gasteiger partial charge on any atom is -0.329 e. The third-order valence-electron chi connectivity index (χ3n) is 1.21. The summed E-state index contributed by atoms with van der Waals surface area (Å²) in [4.78, 5) is 2.19. The number of hydrogen-bond donors (Lipinski definition) is 1. The third kappa shape index (κ3) is 2.88. The molecule has 0 aliphatic heterocycles. The van der Waals surface area contributed by atoms with Crippen LogP contribution in [0.5, 0.6) is 0 Å². The van der Waals surface area contributed by atoms with Crippen LogP contribution in [0, 0.1) is 6.92 Å². The fourth-order valence-corrected chi connectivity index (χ4v) is 0.611. The molecule has 0 radical (unpaired) electrons. The second-order valence-electron chi connectivity index (χ2n) is 1.72. The predicted molar refractivity (Wildman–Crippen MR) is 36.5 cm³/mol. The van der Waals surface area contributed by atoms with Crippen LogP contribution in [-0.2, 0) is 0 Å². The maximum atomic E-state index is 5.31. The second kappa shape index (κ2) is 4.94. The summed E-state index contributed by atoms with van der Waals surface area (Å²) in [6, 6.07) is 0. The molecule has 0 bridgehead atoms. The smallest absolute Gasteiger partial charge is 0.138 e. The molecule has 0 saturated carbocycles. The molecule has 0 atom stereocenters. The molecule has 0 heterocycles. The van der Waals surface area contributed by atoms with Crippen molar-refractivity contribution in [1.82, 2.24) is 4.90 Å². The van der Waals surface area contributed by atoms with E-state index in [0.29, 0.717) is 0 Å². The van der Waals surface area contributed by atoms with Crippen molar-refractivity contribution in [2.75, 3.05) is 26.2 Å². The number of hydrogen-bond acceptors (Lipinski definition) is 2. The van der Waals surface area contributed by atoms with Crippen molar-refractivity contribution in [3.05, 3.63) is 6.92 Å². The van der Waals surface area contributed by atoms with Crippen LogP contribution in [0.4, 0.5) is 0 Å². The lowest BCUT2D eigenvalue weighted by molar-refractivity contribution is 0.327. The highest BCUT2D eigenvalue weighted by molar-refractivity contribution is 4.55. The van der Waals surface area contributed by atoms with Crippen LogP contribution >= 0.6 is 0 Å². The Morgan fingerprint density at radius 1 is 1.62 bits per heavy atom. The fraction of sp³-hybridized carbons (Fsp3) is 0.833. The summed E-state index contributed by atoms with van der Waals surface area (Å²) in [6.07, 6.45) is 0. The van der Waals surface area contributed by atoms with Crippen molar-refractivity contribution in [2.24, 2.45) is 5.73 Å². The zero-order valence-electron chi connectivity index (χ0n) is 5.56. The molecule has 0 unspecified atom stereocenters. The zero-order chi connectivity index (χ0) is 6.41. The van der Waals surface area contributed by atoms with Crippen LogP contribution in [0.2, 0.25) is 0 Å². The maximum absolute atomic E-state index is 5.31. The molecule has 0 fully saturated rings. The van der Waals surface area contributed by atoms with Gasteiger partial charge in [-0.2, -0.15) is 0 Å². The Hall–Kier alpha value is -0.210. The van der Waals surface area contributed by atoms with Crippen LogP contribution < -0.4 is 5.73 Å². The Morgan fingerprint density at radius 3 is 2.38 bits per heavy atom. The molecule has 0 aromatic rings. The van der Waals surface area contributed by atoms with Crippen molar-refractivity contribution in [1.29, 1.82) is 0 Å². The Morgan fingerprint density at radius 2 is 2.25 bits per heavy atom. The van der Waals surface area contributed by atoms with E-state index in [4.69, 9.17) is 5.73 Å². The first kappa shape index (κ1) is 7.79. The normalized spacial score (nSPS) is 10.4. The van der Waals surface area contributed by atoms with Gasteiger partial charge in [0.25, 0.3) is 0 Å². The Labute approximate surface area is 51.7 Å². The molecule has 0 aromatic heterocycles. The second-order valence-corrected chi connectivity index (χ2v) is 1.72. The van der Waals surface area contributed by atoms with Crippen molar-refractivity contribution >= 4 is 0 Å². The first-order valence-electron chi connectivity index (χ1n) is 3.06. The molecule has 8 heavy (non-hydrogen) atoms. The SMILES string of the molecule is [CH2+]CN(CC)CCN. The average Bonchev–Trinajstić information content (AvgIpc) is 1.83. The summed E-state index contributed by atoms with van der Waals surface area (Å²) in [5.74, 6) is 0.